The predicted molar refractivity (Wildman–Crippen MR) is 94.7 cm³/mol. The minimum absolute atomic E-state index is 0.239. The molecule has 0 unspecified atom stereocenters. The second-order valence-corrected chi connectivity index (χ2v) is 5.76. The van der Waals surface area contributed by atoms with Crippen molar-refractivity contribution in [1.29, 1.82) is 0 Å². The van der Waals surface area contributed by atoms with Crippen molar-refractivity contribution in [2.24, 2.45) is 5.16 Å². The van der Waals surface area contributed by atoms with Gasteiger partial charge in [-0.3, -0.25) is 19.4 Å². The first kappa shape index (κ1) is 17.8. The summed E-state index contributed by atoms with van der Waals surface area (Å²) < 4.78 is 0. The van der Waals surface area contributed by atoms with E-state index >= 15 is 0 Å². The zero-order valence-electron chi connectivity index (χ0n) is 14.6. The average molecular weight is 353 g/mol. The third-order valence-corrected chi connectivity index (χ3v) is 3.96. The van der Waals surface area contributed by atoms with Crippen LogP contribution < -0.4 is 0 Å². The summed E-state index contributed by atoms with van der Waals surface area (Å²) in [6.45, 7) is 2.06. The van der Waals surface area contributed by atoms with Gasteiger partial charge in [-0.1, -0.05) is 23.4 Å². The summed E-state index contributed by atoms with van der Waals surface area (Å²) in [5.41, 5.74) is 3.06. The van der Waals surface area contributed by atoms with Gasteiger partial charge in [0.15, 0.2) is 0 Å². The molecule has 1 aromatic heterocycles. The van der Waals surface area contributed by atoms with E-state index in [2.05, 4.69) is 10.1 Å². The molecule has 0 saturated heterocycles. The van der Waals surface area contributed by atoms with Crippen LogP contribution in [0.3, 0.4) is 0 Å². The number of nitrogens with zero attached hydrogens (tertiary/aromatic N) is 3. The van der Waals surface area contributed by atoms with Crippen LogP contribution in [0, 0.1) is 0 Å². The molecule has 7 heteroatoms. The van der Waals surface area contributed by atoms with E-state index < -0.39 is 11.8 Å². The topological polar surface area (TPSA) is 81.1 Å². The van der Waals surface area contributed by atoms with Gasteiger partial charge in [-0.05, 0) is 44.0 Å². The van der Waals surface area contributed by atoms with Crippen molar-refractivity contribution in [3.63, 3.8) is 0 Å². The molecule has 0 spiro atoms. The molecule has 1 aliphatic rings. The van der Waals surface area contributed by atoms with Crippen LogP contribution in [0.25, 0.3) is 0 Å². The molecule has 2 aromatic rings. The molecule has 134 valence electrons. The maximum atomic E-state index is 12.2. The van der Waals surface area contributed by atoms with Crippen LogP contribution in [-0.4, -0.2) is 41.3 Å². The first-order valence-corrected chi connectivity index (χ1v) is 8.26. The summed E-state index contributed by atoms with van der Waals surface area (Å²) in [5, 5.41) is 4.71. The third-order valence-electron chi connectivity index (χ3n) is 3.96. The Labute approximate surface area is 151 Å². The molecule has 2 amide bonds. The van der Waals surface area contributed by atoms with Crippen molar-refractivity contribution in [2.45, 2.75) is 19.8 Å². The molecule has 2 heterocycles. The van der Waals surface area contributed by atoms with Gasteiger partial charge in [0.2, 0.25) is 0 Å². The Hall–Kier alpha value is -3.06. The van der Waals surface area contributed by atoms with Gasteiger partial charge in [0.1, 0.15) is 12.8 Å². The van der Waals surface area contributed by atoms with Crippen LogP contribution in [0.5, 0.6) is 0 Å². The summed E-state index contributed by atoms with van der Waals surface area (Å²) in [7, 11) is 1.49. The highest BCUT2D eigenvalue weighted by molar-refractivity contribution is 6.20. The smallest absolute Gasteiger partial charge is 0.285 e. The van der Waals surface area contributed by atoms with E-state index in [1.807, 2.05) is 25.1 Å². The first-order valence-electron chi connectivity index (χ1n) is 8.26. The number of amides is 2. The largest absolute Gasteiger partial charge is 0.399 e. The molecular weight excluding hydrogens is 334 g/mol. The maximum absolute atomic E-state index is 12.2. The summed E-state index contributed by atoms with van der Waals surface area (Å²) in [5.74, 6) is -0.839. The van der Waals surface area contributed by atoms with E-state index in [0.717, 1.165) is 16.5 Å². The molecule has 0 aliphatic carbocycles. The Kier molecular flexibility index (Phi) is 5.38. The lowest BCUT2D eigenvalue weighted by Crippen LogP contribution is -2.30. The summed E-state index contributed by atoms with van der Waals surface area (Å²) in [6.07, 6.45) is 1.27. The van der Waals surface area contributed by atoms with E-state index in [1.165, 1.54) is 7.11 Å². The number of hydrogen-bond donors (Lipinski definition) is 0. The molecule has 26 heavy (non-hydrogen) atoms. The Morgan fingerprint density at radius 2 is 1.77 bits per heavy atom. The van der Waals surface area contributed by atoms with Gasteiger partial charge in [0.25, 0.3) is 11.8 Å². The standard InChI is InChI=1S/C19H19N3O4/c1-13(21-25-2)17-11-5-7-14(20-17)8-6-12-26-22-18(23)15-9-3-4-10-16(15)19(22)24/h3-5,7,9-11H,6,8,12H2,1-2H3. The SMILES string of the molecule is CON=C(C)c1cccc(CCCON2C(=O)c3ccccc3C2=O)n1. The fourth-order valence-electron chi connectivity index (χ4n) is 2.70. The Balaban J connectivity index is 1.54. The van der Waals surface area contributed by atoms with E-state index in [1.54, 1.807) is 24.3 Å². The Bertz CT molecular complexity index is 828. The van der Waals surface area contributed by atoms with Crippen molar-refractivity contribution >= 4 is 17.5 Å². The van der Waals surface area contributed by atoms with Crippen LogP contribution in [0.4, 0.5) is 0 Å². The minimum atomic E-state index is -0.419. The van der Waals surface area contributed by atoms with E-state index in [-0.39, 0.29) is 6.61 Å². The molecule has 0 bridgehead atoms. The van der Waals surface area contributed by atoms with E-state index in [9.17, 15) is 9.59 Å². The monoisotopic (exact) mass is 353 g/mol. The molecule has 0 atom stereocenters. The third kappa shape index (κ3) is 3.62. The maximum Gasteiger partial charge on any atom is 0.285 e. The number of hydrogen-bond acceptors (Lipinski definition) is 6. The first-order chi connectivity index (χ1) is 12.6. The number of aromatic nitrogens is 1. The van der Waals surface area contributed by atoms with Gasteiger partial charge in [-0.2, -0.15) is 0 Å². The minimum Gasteiger partial charge on any atom is -0.399 e. The highest BCUT2D eigenvalue weighted by atomic mass is 16.7. The van der Waals surface area contributed by atoms with Gasteiger partial charge in [-0.25, -0.2) is 0 Å². The highest BCUT2D eigenvalue weighted by Crippen LogP contribution is 2.22. The second-order valence-electron chi connectivity index (χ2n) is 5.76. The lowest BCUT2D eigenvalue weighted by Gasteiger charge is -2.13. The van der Waals surface area contributed by atoms with Crippen LogP contribution in [0.15, 0.2) is 47.6 Å². The van der Waals surface area contributed by atoms with Gasteiger partial charge in [-0.15, -0.1) is 5.06 Å². The van der Waals surface area contributed by atoms with Crippen LogP contribution in [0.1, 0.15) is 45.4 Å². The van der Waals surface area contributed by atoms with Crippen molar-refractivity contribution in [3.05, 3.63) is 65.0 Å². The Morgan fingerprint density at radius 3 is 2.42 bits per heavy atom. The number of hydroxylamine groups is 2. The molecule has 0 radical (unpaired) electrons. The van der Waals surface area contributed by atoms with Crippen LogP contribution >= 0.6 is 0 Å². The number of oxime groups is 1. The zero-order chi connectivity index (χ0) is 18.5. The summed E-state index contributed by atoms with van der Waals surface area (Å²) >= 11 is 0. The molecule has 0 fully saturated rings. The molecule has 0 saturated carbocycles. The number of rotatable bonds is 7. The number of pyridine rings is 1. The van der Waals surface area contributed by atoms with Gasteiger partial charge in [0.05, 0.1) is 23.4 Å². The molecule has 0 N–H and O–H groups in total. The summed E-state index contributed by atoms with van der Waals surface area (Å²) in [6, 6.07) is 12.4. The zero-order valence-corrected chi connectivity index (χ0v) is 14.6. The summed E-state index contributed by atoms with van der Waals surface area (Å²) in [4.78, 5) is 39.1. The number of aryl methyl sites for hydroxylation is 1. The average Bonchev–Trinajstić information content (AvgIpc) is 2.90. The number of carbonyl (C=O) groups is 2. The van der Waals surface area contributed by atoms with Gasteiger partial charge in [0, 0.05) is 5.69 Å². The molecule has 3 rings (SSSR count). The second kappa shape index (κ2) is 7.88. The Morgan fingerprint density at radius 1 is 1.08 bits per heavy atom. The fourth-order valence-corrected chi connectivity index (χ4v) is 2.70. The quantitative estimate of drug-likeness (QED) is 0.331. The number of imide groups is 1. The van der Waals surface area contributed by atoms with E-state index in [0.29, 0.717) is 29.7 Å². The lowest BCUT2D eigenvalue weighted by molar-refractivity contribution is -0.0918. The molecule has 7 nitrogen and oxygen atoms in total. The number of carbonyl (C=O) groups excluding carboxylic acids is 2. The van der Waals surface area contributed by atoms with Gasteiger partial charge < -0.3 is 4.84 Å². The van der Waals surface area contributed by atoms with Crippen LogP contribution in [-0.2, 0) is 16.1 Å². The van der Waals surface area contributed by atoms with Crippen LogP contribution in [0.2, 0.25) is 0 Å². The molecule has 1 aliphatic heterocycles. The van der Waals surface area contributed by atoms with Crippen molar-refractivity contribution < 1.29 is 19.3 Å². The normalized spacial score (nSPS) is 13.9. The van der Waals surface area contributed by atoms with Crippen molar-refractivity contribution in [2.75, 3.05) is 13.7 Å². The lowest BCUT2D eigenvalue weighted by atomic mass is 10.1. The predicted octanol–water partition coefficient (Wildman–Crippen LogP) is 2.61. The number of fused-ring (bicyclic) bond motifs is 1. The highest BCUT2D eigenvalue weighted by Gasteiger charge is 2.36. The number of benzene rings is 1. The van der Waals surface area contributed by atoms with E-state index in [4.69, 9.17) is 9.68 Å². The molecular formula is C19H19N3O4. The van der Waals surface area contributed by atoms with Crippen molar-refractivity contribution in [3.8, 4) is 0 Å². The fraction of sp³-hybridized carbons (Fsp3) is 0.263. The van der Waals surface area contributed by atoms with Gasteiger partial charge >= 0.3 is 0 Å². The van der Waals surface area contributed by atoms with Crippen molar-refractivity contribution in [1.82, 2.24) is 10.0 Å². The molecule has 1 aromatic carbocycles.